The van der Waals surface area contributed by atoms with Crippen LogP contribution in [0.5, 0.6) is 5.75 Å². The highest BCUT2D eigenvalue weighted by Gasteiger charge is 2.15. The van der Waals surface area contributed by atoms with Crippen molar-refractivity contribution in [3.05, 3.63) is 64.2 Å². The van der Waals surface area contributed by atoms with E-state index in [1.807, 2.05) is 49.4 Å². The first-order valence-corrected chi connectivity index (χ1v) is 7.29. The Morgan fingerprint density at radius 1 is 1.19 bits per heavy atom. The van der Waals surface area contributed by atoms with E-state index in [-0.39, 0.29) is 0 Å². The molecular formula is C17H20ClNO2. The minimum atomic E-state index is -0.607. The number of aliphatic hydroxyl groups is 1. The summed E-state index contributed by atoms with van der Waals surface area (Å²) >= 11 is 6.27. The molecule has 2 N–H and O–H groups in total. The van der Waals surface area contributed by atoms with Crippen molar-refractivity contribution in [2.24, 2.45) is 0 Å². The van der Waals surface area contributed by atoms with E-state index in [2.05, 4.69) is 5.32 Å². The van der Waals surface area contributed by atoms with Crippen LogP contribution in [-0.4, -0.2) is 18.7 Å². The fourth-order valence-electron chi connectivity index (χ4n) is 2.21. The van der Waals surface area contributed by atoms with Crippen LogP contribution in [0.3, 0.4) is 0 Å². The number of para-hydroxylation sites is 1. The molecule has 0 saturated heterocycles. The zero-order valence-corrected chi connectivity index (χ0v) is 13.0. The summed E-state index contributed by atoms with van der Waals surface area (Å²) in [6.07, 6.45) is -0.607. The summed E-state index contributed by atoms with van der Waals surface area (Å²) in [6.45, 7) is 2.80. The Morgan fingerprint density at radius 3 is 2.67 bits per heavy atom. The fraction of sp³-hybridized carbons (Fsp3) is 0.294. The Bertz CT molecular complexity index is 601. The molecule has 112 valence electrons. The highest BCUT2D eigenvalue weighted by atomic mass is 35.5. The third-order valence-corrected chi connectivity index (χ3v) is 3.73. The van der Waals surface area contributed by atoms with E-state index in [9.17, 15) is 5.11 Å². The lowest BCUT2D eigenvalue weighted by Crippen LogP contribution is -2.18. The van der Waals surface area contributed by atoms with E-state index < -0.39 is 6.10 Å². The molecule has 1 atom stereocenters. The molecule has 3 nitrogen and oxygen atoms in total. The second-order valence-corrected chi connectivity index (χ2v) is 5.34. The van der Waals surface area contributed by atoms with Crippen molar-refractivity contribution < 1.29 is 9.84 Å². The maximum atomic E-state index is 10.2. The van der Waals surface area contributed by atoms with Gasteiger partial charge in [-0.25, -0.2) is 0 Å². The van der Waals surface area contributed by atoms with Crippen molar-refractivity contribution in [2.75, 3.05) is 13.6 Å². The quantitative estimate of drug-likeness (QED) is 0.858. The van der Waals surface area contributed by atoms with Crippen molar-refractivity contribution in [1.29, 1.82) is 0 Å². The second kappa shape index (κ2) is 7.46. The van der Waals surface area contributed by atoms with Gasteiger partial charge < -0.3 is 15.2 Å². The van der Waals surface area contributed by atoms with Gasteiger partial charge in [-0.3, -0.25) is 0 Å². The molecule has 0 aliphatic carbocycles. The Morgan fingerprint density at radius 2 is 1.95 bits per heavy atom. The number of hydrogen-bond acceptors (Lipinski definition) is 3. The molecule has 2 rings (SSSR count). The summed E-state index contributed by atoms with van der Waals surface area (Å²) in [5.74, 6) is 0.825. The van der Waals surface area contributed by atoms with Crippen molar-refractivity contribution in [3.63, 3.8) is 0 Å². The van der Waals surface area contributed by atoms with Crippen LogP contribution in [0.1, 0.15) is 22.8 Å². The van der Waals surface area contributed by atoms with Gasteiger partial charge in [0.25, 0.3) is 0 Å². The van der Waals surface area contributed by atoms with E-state index in [4.69, 9.17) is 16.3 Å². The van der Waals surface area contributed by atoms with Crippen molar-refractivity contribution in [3.8, 4) is 5.75 Å². The lowest BCUT2D eigenvalue weighted by atomic mass is 10.0. The van der Waals surface area contributed by atoms with Gasteiger partial charge in [-0.05, 0) is 37.2 Å². The summed E-state index contributed by atoms with van der Waals surface area (Å²) in [4.78, 5) is 0. The number of nitrogens with one attached hydrogen (secondary N) is 1. The first kappa shape index (κ1) is 15.8. The molecule has 0 fully saturated rings. The summed E-state index contributed by atoms with van der Waals surface area (Å²) < 4.78 is 5.86. The van der Waals surface area contributed by atoms with Crippen molar-refractivity contribution in [2.45, 2.75) is 19.6 Å². The number of aryl methyl sites for hydroxylation is 1. The normalized spacial score (nSPS) is 12.2. The Hall–Kier alpha value is -1.55. The first-order chi connectivity index (χ1) is 10.1. The third-order valence-electron chi connectivity index (χ3n) is 3.38. The molecule has 0 amide bonds. The molecule has 0 aliphatic rings. The smallest absolute Gasteiger partial charge is 0.122 e. The van der Waals surface area contributed by atoms with Crippen LogP contribution in [0.15, 0.2) is 42.5 Å². The van der Waals surface area contributed by atoms with Crippen LogP contribution in [0.4, 0.5) is 0 Å². The Kier molecular flexibility index (Phi) is 5.62. The van der Waals surface area contributed by atoms with Crippen LogP contribution in [0.25, 0.3) is 0 Å². The van der Waals surface area contributed by atoms with Crippen LogP contribution in [0.2, 0.25) is 5.02 Å². The topological polar surface area (TPSA) is 41.5 Å². The minimum absolute atomic E-state index is 0.334. The minimum Gasteiger partial charge on any atom is -0.489 e. The lowest BCUT2D eigenvalue weighted by Gasteiger charge is -2.17. The average molecular weight is 306 g/mol. The van der Waals surface area contributed by atoms with Crippen LogP contribution in [-0.2, 0) is 6.61 Å². The van der Waals surface area contributed by atoms with Crippen molar-refractivity contribution >= 4 is 11.6 Å². The molecule has 0 aromatic heterocycles. The summed E-state index contributed by atoms with van der Waals surface area (Å²) in [5.41, 5.74) is 2.69. The highest BCUT2D eigenvalue weighted by Crippen LogP contribution is 2.27. The van der Waals surface area contributed by atoms with Crippen LogP contribution < -0.4 is 10.1 Å². The molecule has 0 bridgehead atoms. The molecule has 2 aromatic rings. The number of rotatable bonds is 6. The maximum Gasteiger partial charge on any atom is 0.122 e. The highest BCUT2D eigenvalue weighted by molar-refractivity contribution is 6.31. The molecule has 2 aromatic carbocycles. The van der Waals surface area contributed by atoms with Crippen LogP contribution >= 0.6 is 11.6 Å². The number of halogens is 1. The molecule has 0 spiro atoms. The summed E-state index contributed by atoms with van der Waals surface area (Å²) in [6, 6.07) is 13.4. The van der Waals surface area contributed by atoms with Gasteiger partial charge in [0.2, 0.25) is 0 Å². The predicted octanol–water partition coefficient (Wildman–Crippen LogP) is 3.48. The Labute approximate surface area is 130 Å². The second-order valence-electron chi connectivity index (χ2n) is 4.94. The molecule has 21 heavy (non-hydrogen) atoms. The SMILES string of the molecule is CNCC(O)c1cccc(Cl)c1COc1ccccc1C. The van der Waals surface area contributed by atoms with Gasteiger partial charge in [-0.2, -0.15) is 0 Å². The van der Waals surface area contributed by atoms with Gasteiger partial charge in [0.1, 0.15) is 12.4 Å². The number of ether oxygens (including phenoxy) is 1. The molecular weight excluding hydrogens is 286 g/mol. The van der Waals surface area contributed by atoms with E-state index in [0.717, 1.165) is 22.4 Å². The monoisotopic (exact) mass is 305 g/mol. The summed E-state index contributed by atoms with van der Waals surface area (Å²) in [5, 5.41) is 13.8. The standard InChI is InChI=1S/C17H20ClNO2/c1-12-6-3-4-9-17(12)21-11-14-13(16(20)10-19-2)7-5-8-15(14)18/h3-9,16,19-20H,10-11H2,1-2H3. The zero-order chi connectivity index (χ0) is 15.2. The van der Waals surface area contributed by atoms with Gasteiger partial charge in [-0.1, -0.05) is 41.9 Å². The summed E-state index contributed by atoms with van der Waals surface area (Å²) in [7, 11) is 1.80. The lowest BCUT2D eigenvalue weighted by molar-refractivity contribution is 0.174. The number of aliphatic hydroxyl groups excluding tert-OH is 1. The maximum absolute atomic E-state index is 10.2. The molecule has 1 unspecified atom stereocenters. The first-order valence-electron chi connectivity index (χ1n) is 6.92. The molecule has 0 saturated carbocycles. The number of hydrogen-bond donors (Lipinski definition) is 2. The van der Waals surface area contributed by atoms with Crippen molar-refractivity contribution in [1.82, 2.24) is 5.32 Å². The number of benzene rings is 2. The molecule has 0 heterocycles. The van der Waals surface area contributed by atoms with Gasteiger partial charge >= 0.3 is 0 Å². The largest absolute Gasteiger partial charge is 0.489 e. The number of likely N-dealkylation sites (N-methyl/N-ethyl adjacent to an activating group) is 1. The molecule has 4 heteroatoms. The molecule has 0 radical (unpaired) electrons. The van der Waals surface area contributed by atoms with Gasteiger partial charge in [-0.15, -0.1) is 0 Å². The van der Waals surface area contributed by atoms with Gasteiger partial charge in [0, 0.05) is 17.1 Å². The Balaban J connectivity index is 2.21. The van der Waals surface area contributed by atoms with Gasteiger partial charge in [0.15, 0.2) is 0 Å². The average Bonchev–Trinajstić information content (AvgIpc) is 2.47. The van der Waals surface area contributed by atoms with E-state index in [0.29, 0.717) is 18.2 Å². The molecule has 0 aliphatic heterocycles. The zero-order valence-electron chi connectivity index (χ0n) is 12.3. The third kappa shape index (κ3) is 3.97. The van der Waals surface area contributed by atoms with E-state index >= 15 is 0 Å². The van der Waals surface area contributed by atoms with E-state index in [1.165, 1.54) is 0 Å². The van der Waals surface area contributed by atoms with Gasteiger partial charge in [0.05, 0.1) is 6.10 Å². The predicted molar refractivity (Wildman–Crippen MR) is 85.8 cm³/mol. The fourth-order valence-corrected chi connectivity index (χ4v) is 2.45. The van der Waals surface area contributed by atoms with E-state index in [1.54, 1.807) is 7.05 Å². The van der Waals surface area contributed by atoms with Crippen LogP contribution in [0, 0.1) is 6.92 Å².